The van der Waals surface area contributed by atoms with Gasteiger partial charge in [0.15, 0.2) is 0 Å². The molecular weight excluding hydrogens is 226 g/mol. The average Bonchev–Trinajstić information content (AvgIpc) is 2.38. The number of aromatic nitrogens is 2. The number of hydrazine groups is 1. The fraction of sp³-hybridized carbons (Fsp3) is 0.231. The monoisotopic (exact) mass is 243 g/mol. The van der Waals surface area contributed by atoms with Crippen LogP contribution in [-0.4, -0.2) is 9.97 Å². The van der Waals surface area contributed by atoms with Crippen molar-refractivity contribution in [3.8, 4) is 0 Å². The molecule has 5 nitrogen and oxygen atoms in total. The number of hydrogen-bond donors (Lipinski definition) is 3. The van der Waals surface area contributed by atoms with Gasteiger partial charge in [-0.05, 0) is 25.0 Å². The van der Waals surface area contributed by atoms with Gasteiger partial charge in [-0.1, -0.05) is 25.1 Å². The summed E-state index contributed by atoms with van der Waals surface area (Å²) in [5.41, 5.74) is 5.62. The van der Waals surface area contributed by atoms with Crippen molar-refractivity contribution in [3.63, 3.8) is 0 Å². The second-order valence-electron chi connectivity index (χ2n) is 4.00. The van der Waals surface area contributed by atoms with Crippen LogP contribution in [0.5, 0.6) is 0 Å². The Bertz CT molecular complexity index is 539. The van der Waals surface area contributed by atoms with Gasteiger partial charge in [-0.3, -0.25) is 5.43 Å². The molecule has 0 saturated heterocycles. The van der Waals surface area contributed by atoms with Crippen LogP contribution < -0.4 is 16.6 Å². The van der Waals surface area contributed by atoms with E-state index in [0.29, 0.717) is 5.95 Å². The maximum absolute atomic E-state index is 5.33. The van der Waals surface area contributed by atoms with Gasteiger partial charge in [0, 0.05) is 17.4 Å². The summed E-state index contributed by atoms with van der Waals surface area (Å²) >= 11 is 0. The average molecular weight is 243 g/mol. The van der Waals surface area contributed by atoms with Crippen molar-refractivity contribution in [2.75, 3.05) is 10.7 Å². The molecule has 94 valence electrons. The van der Waals surface area contributed by atoms with Gasteiger partial charge >= 0.3 is 0 Å². The largest absolute Gasteiger partial charge is 0.340 e. The molecule has 0 unspecified atom stereocenters. The molecule has 0 aliphatic heterocycles. The van der Waals surface area contributed by atoms with Crippen molar-refractivity contribution >= 4 is 17.5 Å². The molecule has 0 radical (unpaired) electrons. The number of nitrogens with two attached hydrogens (primary N) is 1. The van der Waals surface area contributed by atoms with Gasteiger partial charge in [0.05, 0.1) is 0 Å². The van der Waals surface area contributed by atoms with Gasteiger partial charge in [-0.2, -0.15) is 4.98 Å². The summed E-state index contributed by atoms with van der Waals surface area (Å²) in [7, 11) is 0. The number of para-hydroxylation sites is 1. The first-order valence-corrected chi connectivity index (χ1v) is 5.90. The first-order valence-electron chi connectivity index (χ1n) is 5.90. The number of anilines is 3. The van der Waals surface area contributed by atoms with Crippen molar-refractivity contribution in [2.24, 2.45) is 5.84 Å². The second-order valence-corrected chi connectivity index (χ2v) is 4.00. The number of hydrogen-bond acceptors (Lipinski definition) is 5. The van der Waals surface area contributed by atoms with Crippen molar-refractivity contribution in [1.82, 2.24) is 9.97 Å². The van der Waals surface area contributed by atoms with Crippen LogP contribution in [0.25, 0.3) is 0 Å². The van der Waals surface area contributed by atoms with E-state index in [9.17, 15) is 0 Å². The quantitative estimate of drug-likeness (QED) is 0.568. The Morgan fingerprint density at radius 2 is 2.00 bits per heavy atom. The molecule has 0 fully saturated rings. The van der Waals surface area contributed by atoms with Crippen LogP contribution in [0.15, 0.2) is 30.3 Å². The number of nitrogens with zero attached hydrogens (tertiary/aromatic N) is 2. The Kier molecular flexibility index (Phi) is 3.74. The minimum absolute atomic E-state index is 0.409. The smallest absolute Gasteiger partial charge is 0.239 e. The third-order valence-electron chi connectivity index (χ3n) is 2.64. The first kappa shape index (κ1) is 12.3. The lowest BCUT2D eigenvalue weighted by Gasteiger charge is -2.11. The van der Waals surface area contributed by atoms with Gasteiger partial charge < -0.3 is 5.32 Å². The number of nitrogens with one attached hydrogen (secondary N) is 2. The number of aryl methyl sites for hydroxylation is 2. The molecule has 1 heterocycles. The number of rotatable bonds is 4. The summed E-state index contributed by atoms with van der Waals surface area (Å²) in [6.07, 6.45) is 0.967. The fourth-order valence-corrected chi connectivity index (χ4v) is 1.79. The van der Waals surface area contributed by atoms with Gasteiger partial charge in [-0.25, -0.2) is 10.8 Å². The van der Waals surface area contributed by atoms with Crippen LogP contribution in [-0.2, 0) is 6.42 Å². The topological polar surface area (TPSA) is 75.9 Å². The molecule has 0 atom stereocenters. The van der Waals surface area contributed by atoms with Crippen molar-refractivity contribution < 1.29 is 0 Å². The Balaban J connectivity index is 2.30. The molecule has 5 heteroatoms. The zero-order valence-electron chi connectivity index (χ0n) is 10.6. The summed E-state index contributed by atoms with van der Waals surface area (Å²) in [6, 6.07) is 10.0. The molecule has 2 aromatic rings. The predicted octanol–water partition coefficient (Wildman–Crippen LogP) is 2.38. The Labute approximate surface area is 106 Å². The van der Waals surface area contributed by atoms with Crippen molar-refractivity contribution in [2.45, 2.75) is 20.3 Å². The molecule has 4 N–H and O–H groups in total. The lowest BCUT2D eigenvalue weighted by molar-refractivity contribution is 1.07. The van der Waals surface area contributed by atoms with E-state index in [1.807, 2.05) is 31.2 Å². The summed E-state index contributed by atoms with van der Waals surface area (Å²) in [4.78, 5) is 8.41. The van der Waals surface area contributed by atoms with E-state index in [1.54, 1.807) is 0 Å². The molecule has 1 aromatic heterocycles. The minimum atomic E-state index is 0.409. The summed E-state index contributed by atoms with van der Waals surface area (Å²) < 4.78 is 0. The highest BCUT2D eigenvalue weighted by atomic mass is 15.3. The molecule has 0 saturated carbocycles. The molecule has 2 rings (SSSR count). The highest BCUT2D eigenvalue weighted by Gasteiger charge is 2.04. The predicted molar refractivity (Wildman–Crippen MR) is 73.7 cm³/mol. The van der Waals surface area contributed by atoms with E-state index in [4.69, 9.17) is 5.84 Å². The fourth-order valence-electron chi connectivity index (χ4n) is 1.79. The summed E-state index contributed by atoms with van der Waals surface area (Å²) in [5, 5.41) is 3.29. The summed E-state index contributed by atoms with van der Waals surface area (Å²) in [5.74, 6) is 6.48. The molecule has 0 spiro atoms. The van der Waals surface area contributed by atoms with E-state index < -0.39 is 0 Å². The van der Waals surface area contributed by atoms with E-state index >= 15 is 0 Å². The van der Waals surface area contributed by atoms with E-state index in [-0.39, 0.29) is 0 Å². The third-order valence-corrected chi connectivity index (χ3v) is 2.64. The second kappa shape index (κ2) is 5.46. The Hall–Kier alpha value is -2.14. The lowest BCUT2D eigenvalue weighted by Crippen LogP contribution is -2.12. The maximum atomic E-state index is 5.33. The highest BCUT2D eigenvalue weighted by Crippen LogP contribution is 2.20. The molecule has 0 amide bonds. The van der Waals surface area contributed by atoms with Gasteiger partial charge in [0.1, 0.15) is 5.82 Å². The molecule has 0 aliphatic rings. The van der Waals surface area contributed by atoms with Crippen LogP contribution in [0.1, 0.15) is 18.2 Å². The van der Waals surface area contributed by atoms with Crippen molar-refractivity contribution in [1.29, 1.82) is 0 Å². The molecule has 18 heavy (non-hydrogen) atoms. The van der Waals surface area contributed by atoms with Crippen LogP contribution in [0, 0.1) is 6.92 Å². The number of nitrogen functional groups attached to an aromatic ring is 1. The molecular formula is C13H17N5. The van der Waals surface area contributed by atoms with Gasteiger partial charge in [0.2, 0.25) is 5.95 Å². The standard InChI is InChI=1S/C13H17N5/c1-3-10-6-4-5-7-11(10)16-12-8-9(2)15-13(17-12)18-14/h4-8H,3,14H2,1-2H3,(H2,15,16,17,18). The lowest BCUT2D eigenvalue weighted by atomic mass is 10.1. The van der Waals surface area contributed by atoms with Crippen LogP contribution in [0.3, 0.4) is 0 Å². The van der Waals surface area contributed by atoms with E-state index in [1.165, 1.54) is 5.56 Å². The normalized spacial score (nSPS) is 10.2. The van der Waals surface area contributed by atoms with Crippen LogP contribution >= 0.6 is 0 Å². The highest BCUT2D eigenvalue weighted by molar-refractivity contribution is 5.61. The number of benzene rings is 1. The van der Waals surface area contributed by atoms with Crippen LogP contribution in [0.4, 0.5) is 17.5 Å². The molecule has 0 aliphatic carbocycles. The minimum Gasteiger partial charge on any atom is -0.340 e. The van der Waals surface area contributed by atoms with E-state index in [0.717, 1.165) is 23.6 Å². The molecule has 0 bridgehead atoms. The van der Waals surface area contributed by atoms with Crippen molar-refractivity contribution in [3.05, 3.63) is 41.6 Å². The first-order chi connectivity index (χ1) is 8.72. The Morgan fingerprint density at radius 3 is 2.72 bits per heavy atom. The zero-order valence-corrected chi connectivity index (χ0v) is 10.6. The maximum Gasteiger partial charge on any atom is 0.239 e. The van der Waals surface area contributed by atoms with Gasteiger partial charge in [0.25, 0.3) is 0 Å². The summed E-state index contributed by atoms with van der Waals surface area (Å²) in [6.45, 7) is 4.03. The van der Waals surface area contributed by atoms with Gasteiger partial charge in [-0.15, -0.1) is 0 Å². The zero-order chi connectivity index (χ0) is 13.0. The Morgan fingerprint density at radius 1 is 1.22 bits per heavy atom. The molecule has 1 aromatic carbocycles. The van der Waals surface area contributed by atoms with E-state index in [2.05, 4.69) is 33.7 Å². The van der Waals surface area contributed by atoms with Crippen LogP contribution in [0.2, 0.25) is 0 Å². The SMILES string of the molecule is CCc1ccccc1Nc1cc(C)nc(NN)n1. The third kappa shape index (κ3) is 2.75.